The summed E-state index contributed by atoms with van der Waals surface area (Å²) in [5, 5.41) is 2.60. The number of benzene rings is 2. The maximum Gasteiger partial charge on any atom is 0.240 e. The number of hydrogen-bond acceptors (Lipinski definition) is 4. The molecule has 1 unspecified atom stereocenters. The molecule has 0 spiro atoms. The maximum absolute atomic E-state index is 12.4. The van der Waals surface area contributed by atoms with E-state index in [1.807, 2.05) is 24.3 Å². The van der Waals surface area contributed by atoms with Gasteiger partial charge in [0.2, 0.25) is 15.9 Å². The summed E-state index contributed by atoms with van der Waals surface area (Å²) in [7, 11) is -3.62. The lowest BCUT2D eigenvalue weighted by molar-refractivity contribution is -0.114. The molecule has 25 heavy (non-hydrogen) atoms. The topological polar surface area (TPSA) is 84.5 Å². The minimum Gasteiger partial charge on any atom is -0.372 e. The van der Waals surface area contributed by atoms with Crippen LogP contribution >= 0.6 is 0 Å². The Kier molecular flexibility index (Phi) is 5.17. The molecule has 1 atom stereocenters. The number of carbonyl (C=O) groups is 1. The average Bonchev–Trinajstić information content (AvgIpc) is 2.60. The van der Waals surface area contributed by atoms with Crippen LogP contribution in [0.2, 0.25) is 0 Å². The van der Waals surface area contributed by atoms with Gasteiger partial charge in [-0.1, -0.05) is 24.3 Å². The van der Waals surface area contributed by atoms with E-state index in [1.54, 1.807) is 12.1 Å². The summed E-state index contributed by atoms with van der Waals surface area (Å²) in [5.74, 6) is -0.205. The Morgan fingerprint density at radius 3 is 2.48 bits per heavy atom. The predicted octanol–water partition coefficient (Wildman–Crippen LogP) is 2.06. The lowest BCUT2D eigenvalue weighted by Crippen LogP contribution is -2.36. The summed E-state index contributed by atoms with van der Waals surface area (Å²) < 4.78 is 33.1. The zero-order valence-electron chi connectivity index (χ0n) is 13.9. The number of hydrogen-bond donors (Lipinski definition) is 2. The molecule has 0 saturated heterocycles. The van der Waals surface area contributed by atoms with Crippen LogP contribution in [0.5, 0.6) is 0 Å². The Morgan fingerprint density at radius 2 is 1.80 bits per heavy atom. The van der Waals surface area contributed by atoms with Crippen LogP contribution in [-0.2, 0) is 32.6 Å². The van der Waals surface area contributed by atoms with Crippen LogP contribution in [0, 0.1) is 0 Å². The molecule has 1 aliphatic heterocycles. The van der Waals surface area contributed by atoms with Crippen molar-refractivity contribution in [2.75, 3.05) is 11.9 Å². The van der Waals surface area contributed by atoms with Crippen molar-refractivity contribution in [3.63, 3.8) is 0 Å². The van der Waals surface area contributed by atoms with Crippen LogP contribution in [-0.4, -0.2) is 27.0 Å². The molecule has 0 radical (unpaired) electrons. The van der Waals surface area contributed by atoms with Gasteiger partial charge in [0.05, 0.1) is 17.6 Å². The number of sulfonamides is 1. The highest BCUT2D eigenvalue weighted by molar-refractivity contribution is 7.89. The highest BCUT2D eigenvalue weighted by Crippen LogP contribution is 2.20. The summed E-state index contributed by atoms with van der Waals surface area (Å²) in [4.78, 5) is 11.2. The van der Waals surface area contributed by atoms with E-state index in [9.17, 15) is 13.2 Å². The highest BCUT2D eigenvalue weighted by Gasteiger charge is 2.22. The van der Waals surface area contributed by atoms with Gasteiger partial charge in [-0.15, -0.1) is 0 Å². The van der Waals surface area contributed by atoms with Crippen molar-refractivity contribution >= 4 is 21.6 Å². The van der Waals surface area contributed by atoms with Crippen LogP contribution in [0.4, 0.5) is 5.69 Å². The van der Waals surface area contributed by atoms with Crippen LogP contribution in [0.1, 0.15) is 18.1 Å². The summed E-state index contributed by atoms with van der Waals surface area (Å²) in [5.41, 5.74) is 2.89. The number of rotatable bonds is 5. The Bertz CT molecular complexity index is 863. The zero-order chi connectivity index (χ0) is 17.9. The number of amides is 1. The van der Waals surface area contributed by atoms with E-state index in [2.05, 4.69) is 10.0 Å². The lowest BCUT2D eigenvalue weighted by Gasteiger charge is -2.25. The normalized spacial score (nSPS) is 16.9. The molecule has 132 valence electrons. The number of ether oxygens (including phenoxy) is 1. The van der Waals surface area contributed by atoms with Crippen LogP contribution < -0.4 is 10.0 Å². The van der Waals surface area contributed by atoms with Crippen LogP contribution in [0.3, 0.4) is 0 Å². The second-order valence-electron chi connectivity index (χ2n) is 5.96. The molecule has 7 heteroatoms. The highest BCUT2D eigenvalue weighted by atomic mass is 32.2. The lowest BCUT2D eigenvalue weighted by atomic mass is 9.99. The van der Waals surface area contributed by atoms with Gasteiger partial charge in [-0.2, -0.15) is 0 Å². The minimum absolute atomic E-state index is 0.151. The minimum atomic E-state index is -3.62. The van der Waals surface area contributed by atoms with Gasteiger partial charge in [0.25, 0.3) is 0 Å². The van der Waals surface area contributed by atoms with E-state index in [1.165, 1.54) is 24.6 Å². The SMILES string of the molecule is CC(=O)Nc1ccc(S(=O)(=O)NCC2Cc3ccccc3CO2)cc1. The summed E-state index contributed by atoms with van der Waals surface area (Å²) >= 11 is 0. The summed E-state index contributed by atoms with van der Waals surface area (Å²) in [6.07, 6.45) is 0.489. The second kappa shape index (κ2) is 7.35. The molecule has 6 nitrogen and oxygen atoms in total. The first-order chi connectivity index (χ1) is 11.9. The van der Waals surface area contributed by atoms with Crippen molar-refractivity contribution in [2.24, 2.45) is 0 Å². The molecule has 0 bridgehead atoms. The third-order valence-electron chi connectivity index (χ3n) is 4.03. The van der Waals surface area contributed by atoms with Crippen LogP contribution in [0.15, 0.2) is 53.4 Å². The molecule has 2 N–H and O–H groups in total. The van der Waals surface area contributed by atoms with Gasteiger partial charge in [0.15, 0.2) is 0 Å². The van der Waals surface area contributed by atoms with E-state index in [4.69, 9.17) is 4.74 Å². The van der Waals surface area contributed by atoms with E-state index < -0.39 is 10.0 Å². The number of carbonyl (C=O) groups excluding carboxylic acids is 1. The van der Waals surface area contributed by atoms with Crippen molar-refractivity contribution in [1.82, 2.24) is 4.72 Å². The smallest absolute Gasteiger partial charge is 0.240 e. The monoisotopic (exact) mass is 360 g/mol. The first-order valence-corrected chi connectivity index (χ1v) is 9.48. The van der Waals surface area contributed by atoms with Crippen molar-refractivity contribution in [3.8, 4) is 0 Å². The van der Waals surface area contributed by atoms with Gasteiger partial charge in [-0.25, -0.2) is 13.1 Å². The second-order valence-corrected chi connectivity index (χ2v) is 7.73. The zero-order valence-corrected chi connectivity index (χ0v) is 14.7. The van der Waals surface area contributed by atoms with Crippen LogP contribution in [0.25, 0.3) is 0 Å². The van der Waals surface area contributed by atoms with Crippen molar-refractivity contribution in [1.29, 1.82) is 0 Å². The molecule has 3 rings (SSSR count). The summed E-state index contributed by atoms with van der Waals surface area (Å²) in [6.45, 7) is 2.10. The quantitative estimate of drug-likeness (QED) is 0.855. The molecule has 1 amide bonds. The molecule has 0 aliphatic carbocycles. The fraction of sp³-hybridized carbons (Fsp3) is 0.278. The fourth-order valence-electron chi connectivity index (χ4n) is 2.75. The van der Waals surface area contributed by atoms with E-state index in [0.717, 1.165) is 5.56 Å². The Hall–Kier alpha value is -2.22. The van der Waals surface area contributed by atoms with Crippen molar-refractivity contribution in [3.05, 3.63) is 59.7 Å². The van der Waals surface area contributed by atoms with Gasteiger partial charge in [-0.3, -0.25) is 4.79 Å². The molecule has 2 aromatic rings. The standard InChI is InChI=1S/C18H20N2O4S/c1-13(21)20-16-6-8-18(9-7-16)25(22,23)19-11-17-10-14-4-2-3-5-15(14)12-24-17/h2-9,17,19H,10-12H2,1H3,(H,20,21). The summed E-state index contributed by atoms with van der Waals surface area (Å²) in [6, 6.07) is 14.0. The number of fused-ring (bicyclic) bond motifs is 1. The maximum atomic E-state index is 12.4. The van der Waals surface area contributed by atoms with Gasteiger partial charge in [0.1, 0.15) is 0 Å². The predicted molar refractivity (Wildman–Crippen MR) is 94.7 cm³/mol. The first kappa shape index (κ1) is 17.6. The molecule has 1 heterocycles. The van der Waals surface area contributed by atoms with E-state index in [-0.39, 0.29) is 23.5 Å². The van der Waals surface area contributed by atoms with E-state index >= 15 is 0 Å². The van der Waals surface area contributed by atoms with E-state index in [0.29, 0.717) is 18.7 Å². The third-order valence-corrected chi connectivity index (χ3v) is 5.47. The number of nitrogens with one attached hydrogen (secondary N) is 2. The first-order valence-electron chi connectivity index (χ1n) is 8.00. The van der Waals surface area contributed by atoms with Crippen molar-refractivity contribution < 1.29 is 17.9 Å². The number of anilines is 1. The Labute approximate surface area is 147 Å². The van der Waals surface area contributed by atoms with Crippen molar-refractivity contribution in [2.45, 2.75) is 31.0 Å². The van der Waals surface area contributed by atoms with Gasteiger partial charge in [0, 0.05) is 25.6 Å². The molecule has 1 aliphatic rings. The van der Waals surface area contributed by atoms with Gasteiger partial charge < -0.3 is 10.1 Å². The Balaban J connectivity index is 1.61. The molecule has 2 aromatic carbocycles. The molecular weight excluding hydrogens is 340 g/mol. The Morgan fingerprint density at radius 1 is 1.12 bits per heavy atom. The molecular formula is C18H20N2O4S. The molecule has 0 saturated carbocycles. The molecule has 0 aromatic heterocycles. The largest absolute Gasteiger partial charge is 0.372 e. The van der Waals surface area contributed by atoms with Gasteiger partial charge in [-0.05, 0) is 35.4 Å². The van der Waals surface area contributed by atoms with Gasteiger partial charge >= 0.3 is 0 Å². The fourth-order valence-corrected chi connectivity index (χ4v) is 3.81. The third kappa shape index (κ3) is 4.45. The molecule has 0 fully saturated rings. The average molecular weight is 360 g/mol.